The molecule has 0 radical (unpaired) electrons. The van der Waals surface area contributed by atoms with Gasteiger partial charge in [0.05, 0.1) is 11.4 Å². The van der Waals surface area contributed by atoms with E-state index in [1.807, 2.05) is 0 Å². The average Bonchev–Trinajstić information content (AvgIpc) is 2.95. The Hall–Kier alpha value is -3.33. The Kier molecular flexibility index (Phi) is 4.63. The van der Waals surface area contributed by atoms with Crippen LogP contribution in [0.3, 0.4) is 0 Å². The van der Waals surface area contributed by atoms with E-state index in [1.165, 1.54) is 5.06 Å². The van der Waals surface area contributed by atoms with Crippen molar-refractivity contribution in [3.63, 3.8) is 0 Å². The monoisotopic (exact) mass is 359 g/mol. The van der Waals surface area contributed by atoms with Crippen molar-refractivity contribution < 1.29 is 19.5 Å². The molecule has 0 aromatic heterocycles. The summed E-state index contributed by atoms with van der Waals surface area (Å²) in [6, 6.07) is 8.55. The molecule has 0 saturated carbocycles. The third-order valence-corrected chi connectivity index (χ3v) is 4.11. The zero-order valence-electron chi connectivity index (χ0n) is 14.0. The van der Waals surface area contributed by atoms with Crippen molar-refractivity contribution in [2.75, 3.05) is 29.5 Å². The number of benzene rings is 2. The Morgan fingerprint density at radius 2 is 1.58 bits per heavy atom. The molecule has 1 fully saturated rings. The number of carbonyl (C=O) groups is 1. The zero-order chi connectivity index (χ0) is 18.8. The summed E-state index contributed by atoms with van der Waals surface area (Å²) in [6.07, 6.45) is -0.205. The SMILES string of the molecule is Nc1ccc(OC2CCN(Oc3ccc(N)cc3N)[C@@H]2C(=O)O)c(N)c1. The molecule has 9 N–H and O–H groups in total. The zero-order valence-corrected chi connectivity index (χ0v) is 14.0. The predicted molar refractivity (Wildman–Crippen MR) is 98.3 cm³/mol. The summed E-state index contributed by atoms with van der Waals surface area (Å²) in [5.74, 6) is -0.363. The molecule has 9 nitrogen and oxygen atoms in total. The molecule has 0 spiro atoms. The number of rotatable bonds is 5. The third-order valence-electron chi connectivity index (χ3n) is 4.11. The van der Waals surface area contributed by atoms with Crippen LogP contribution in [0.25, 0.3) is 0 Å². The fourth-order valence-corrected chi connectivity index (χ4v) is 2.86. The van der Waals surface area contributed by atoms with Crippen LogP contribution in [0.15, 0.2) is 36.4 Å². The first kappa shape index (κ1) is 17.5. The van der Waals surface area contributed by atoms with E-state index in [1.54, 1.807) is 36.4 Å². The van der Waals surface area contributed by atoms with E-state index in [2.05, 4.69) is 0 Å². The van der Waals surface area contributed by atoms with Crippen LogP contribution in [-0.4, -0.2) is 34.8 Å². The highest BCUT2D eigenvalue weighted by molar-refractivity contribution is 5.75. The maximum absolute atomic E-state index is 11.8. The van der Waals surface area contributed by atoms with Gasteiger partial charge < -0.3 is 37.6 Å². The average molecular weight is 359 g/mol. The van der Waals surface area contributed by atoms with Crippen LogP contribution < -0.4 is 32.5 Å². The van der Waals surface area contributed by atoms with E-state index in [0.29, 0.717) is 47.2 Å². The van der Waals surface area contributed by atoms with Gasteiger partial charge in [0.25, 0.3) is 0 Å². The molecule has 1 aliphatic heterocycles. The normalized spacial score (nSPS) is 20.0. The summed E-state index contributed by atoms with van der Waals surface area (Å²) in [5.41, 5.74) is 24.7. The van der Waals surface area contributed by atoms with Gasteiger partial charge in [0.1, 0.15) is 11.9 Å². The Morgan fingerprint density at radius 1 is 1.00 bits per heavy atom. The van der Waals surface area contributed by atoms with Gasteiger partial charge in [-0.25, -0.2) is 0 Å². The molecule has 0 amide bonds. The van der Waals surface area contributed by atoms with Gasteiger partial charge in [-0.2, -0.15) is 0 Å². The summed E-state index contributed by atoms with van der Waals surface area (Å²) in [5, 5.41) is 11.0. The van der Waals surface area contributed by atoms with Crippen molar-refractivity contribution in [1.82, 2.24) is 5.06 Å². The Balaban J connectivity index is 1.78. The minimum absolute atomic E-state index is 0.321. The number of anilines is 4. The fourth-order valence-electron chi connectivity index (χ4n) is 2.86. The highest BCUT2D eigenvalue weighted by Crippen LogP contribution is 2.31. The van der Waals surface area contributed by atoms with E-state index in [9.17, 15) is 9.90 Å². The van der Waals surface area contributed by atoms with Gasteiger partial charge in [0.2, 0.25) is 0 Å². The number of nitrogens with two attached hydrogens (primary N) is 4. The van der Waals surface area contributed by atoms with E-state index >= 15 is 0 Å². The van der Waals surface area contributed by atoms with E-state index in [-0.39, 0.29) is 0 Å². The minimum atomic E-state index is -1.07. The first-order valence-corrected chi connectivity index (χ1v) is 7.99. The molecular weight excluding hydrogens is 338 g/mol. The predicted octanol–water partition coefficient (Wildman–Crippen LogP) is 0.916. The van der Waals surface area contributed by atoms with Crippen molar-refractivity contribution in [1.29, 1.82) is 0 Å². The number of ether oxygens (including phenoxy) is 1. The summed E-state index contributed by atoms with van der Waals surface area (Å²) in [6.45, 7) is 0.348. The molecule has 2 aromatic carbocycles. The molecule has 0 aliphatic carbocycles. The second kappa shape index (κ2) is 6.89. The maximum Gasteiger partial charge on any atom is 0.328 e. The highest BCUT2D eigenvalue weighted by atomic mass is 16.7. The first-order chi connectivity index (χ1) is 12.3. The molecule has 9 heteroatoms. The lowest BCUT2D eigenvalue weighted by Gasteiger charge is -2.25. The number of hydrogen-bond donors (Lipinski definition) is 5. The van der Waals surface area contributed by atoms with Gasteiger partial charge in [-0.15, -0.1) is 5.06 Å². The largest absolute Gasteiger partial charge is 0.486 e. The van der Waals surface area contributed by atoms with Crippen LogP contribution in [-0.2, 0) is 4.79 Å². The number of aliphatic carboxylic acids is 1. The summed E-state index contributed by atoms with van der Waals surface area (Å²) in [7, 11) is 0. The van der Waals surface area contributed by atoms with Crippen molar-refractivity contribution in [2.24, 2.45) is 0 Å². The topological polar surface area (TPSA) is 163 Å². The molecule has 1 aliphatic rings. The van der Waals surface area contributed by atoms with Crippen LogP contribution in [0.1, 0.15) is 6.42 Å². The van der Waals surface area contributed by atoms with Gasteiger partial charge >= 0.3 is 5.97 Å². The molecule has 0 bridgehead atoms. The van der Waals surface area contributed by atoms with Gasteiger partial charge in [-0.3, -0.25) is 4.79 Å². The van der Waals surface area contributed by atoms with Gasteiger partial charge in [-0.1, -0.05) is 0 Å². The lowest BCUT2D eigenvalue weighted by Crippen LogP contribution is -2.45. The number of hydrogen-bond acceptors (Lipinski definition) is 8. The molecule has 3 rings (SSSR count). The lowest BCUT2D eigenvalue weighted by atomic mass is 10.1. The standard InChI is InChI=1S/C17H21N5O4/c18-9-1-3-13(11(20)7-9)25-15-5-6-22(16(15)17(23)24)26-14-4-2-10(19)8-12(14)21/h1-4,7-8,15-16H,5-6,18-21H2,(H,23,24)/t15?,16-/m0/s1. The highest BCUT2D eigenvalue weighted by Gasteiger charge is 2.43. The Morgan fingerprint density at radius 3 is 2.12 bits per heavy atom. The molecule has 2 atom stereocenters. The number of carboxylic acid groups (broad SMARTS) is 1. The summed E-state index contributed by atoms with van der Waals surface area (Å²) < 4.78 is 5.82. The van der Waals surface area contributed by atoms with E-state index in [0.717, 1.165) is 0 Å². The van der Waals surface area contributed by atoms with Crippen LogP contribution in [0, 0.1) is 0 Å². The second-order valence-corrected chi connectivity index (χ2v) is 6.05. The maximum atomic E-state index is 11.8. The smallest absolute Gasteiger partial charge is 0.328 e. The number of hydroxylamine groups is 2. The van der Waals surface area contributed by atoms with Crippen LogP contribution in [0.5, 0.6) is 11.5 Å². The molecule has 2 aromatic rings. The number of nitrogens with zero attached hydrogens (tertiary/aromatic N) is 1. The van der Waals surface area contributed by atoms with Crippen molar-refractivity contribution in [3.8, 4) is 11.5 Å². The Bertz CT molecular complexity index is 767. The second-order valence-electron chi connectivity index (χ2n) is 6.05. The molecule has 26 heavy (non-hydrogen) atoms. The first-order valence-electron chi connectivity index (χ1n) is 7.99. The van der Waals surface area contributed by atoms with E-state index in [4.69, 9.17) is 32.5 Å². The van der Waals surface area contributed by atoms with E-state index < -0.39 is 18.1 Å². The lowest BCUT2D eigenvalue weighted by molar-refractivity contribution is -0.159. The summed E-state index contributed by atoms with van der Waals surface area (Å²) in [4.78, 5) is 17.5. The van der Waals surface area contributed by atoms with Crippen LogP contribution in [0.2, 0.25) is 0 Å². The van der Waals surface area contributed by atoms with Gasteiger partial charge in [-0.05, 0) is 36.4 Å². The van der Waals surface area contributed by atoms with Gasteiger partial charge in [0, 0.05) is 24.3 Å². The number of nitrogen functional groups attached to an aromatic ring is 4. The fraction of sp³-hybridized carbons (Fsp3) is 0.235. The number of carboxylic acids is 1. The summed E-state index contributed by atoms with van der Waals surface area (Å²) >= 11 is 0. The quantitative estimate of drug-likeness (QED) is 0.488. The molecular formula is C17H21N5O4. The van der Waals surface area contributed by atoms with Crippen molar-refractivity contribution in [3.05, 3.63) is 36.4 Å². The van der Waals surface area contributed by atoms with Gasteiger partial charge in [0.15, 0.2) is 11.8 Å². The molecule has 138 valence electrons. The molecule has 1 unspecified atom stereocenters. The Labute approximate surface area is 150 Å². The minimum Gasteiger partial charge on any atom is -0.486 e. The van der Waals surface area contributed by atoms with Crippen molar-refractivity contribution in [2.45, 2.75) is 18.6 Å². The van der Waals surface area contributed by atoms with Crippen LogP contribution >= 0.6 is 0 Å². The molecule has 1 heterocycles. The molecule has 1 saturated heterocycles. The third kappa shape index (κ3) is 3.52. The van der Waals surface area contributed by atoms with Crippen molar-refractivity contribution >= 4 is 28.7 Å². The van der Waals surface area contributed by atoms with Crippen LogP contribution in [0.4, 0.5) is 22.7 Å².